The van der Waals surface area contributed by atoms with Crippen LogP contribution in [-0.2, 0) is 27.5 Å². The first-order valence-corrected chi connectivity index (χ1v) is 11.0. The van der Waals surface area contributed by atoms with E-state index in [0.29, 0.717) is 11.1 Å². The molecule has 0 aromatic heterocycles. The van der Waals surface area contributed by atoms with Gasteiger partial charge in [0.1, 0.15) is 5.60 Å². The first-order chi connectivity index (χ1) is 14.1. The highest BCUT2D eigenvalue weighted by Gasteiger charge is 2.35. The zero-order valence-electron chi connectivity index (χ0n) is 17.0. The lowest BCUT2D eigenvalue weighted by Gasteiger charge is -2.26. The van der Waals surface area contributed by atoms with Gasteiger partial charge in [0.05, 0.1) is 10.6 Å². The van der Waals surface area contributed by atoms with E-state index < -0.39 is 45.2 Å². The highest BCUT2D eigenvalue weighted by Crippen LogP contribution is 2.40. The van der Waals surface area contributed by atoms with Crippen LogP contribution < -0.4 is 5.14 Å². The van der Waals surface area contributed by atoms with E-state index in [4.69, 9.17) is 21.5 Å². The Kier molecular flexibility index (Phi) is 7.29. The summed E-state index contributed by atoms with van der Waals surface area (Å²) >= 11 is 6.10. The number of hydrogen-bond donors (Lipinski definition) is 1. The summed E-state index contributed by atoms with van der Waals surface area (Å²) in [6, 6.07) is 10.6. The second kappa shape index (κ2) is 9.05. The van der Waals surface area contributed by atoms with E-state index >= 15 is 0 Å². The molecule has 0 fully saturated rings. The number of amides is 1. The summed E-state index contributed by atoms with van der Waals surface area (Å²) in [5.74, 6) is 0. The summed E-state index contributed by atoms with van der Waals surface area (Å²) in [4.78, 5) is 12.3. The van der Waals surface area contributed by atoms with Crippen LogP contribution in [0.4, 0.5) is 18.0 Å². The number of nitrogens with zero attached hydrogens (tertiary/aromatic N) is 1. The first kappa shape index (κ1) is 25.0. The zero-order chi connectivity index (χ0) is 23.6. The van der Waals surface area contributed by atoms with Gasteiger partial charge in [-0.25, -0.2) is 9.93 Å². The van der Waals surface area contributed by atoms with E-state index in [0.717, 1.165) is 6.07 Å². The molecule has 0 saturated heterocycles. The van der Waals surface area contributed by atoms with Crippen LogP contribution in [0.5, 0.6) is 0 Å². The van der Waals surface area contributed by atoms with Crippen LogP contribution in [-0.4, -0.2) is 31.0 Å². The van der Waals surface area contributed by atoms with Gasteiger partial charge in [0.2, 0.25) is 0 Å². The normalized spacial score (nSPS) is 12.5. The van der Waals surface area contributed by atoms with Crippen molar-refractivity contribution in [3.63, 3.8) is 0 Å². The van der Waals surface area contributed by atoms with Crippen LogP contribution in [0.1, 0.15) is 31.9 Å². The van der Waals surface area contributed by atoms with Crippen molar-refractivity contribution >= 4 is 27.9 Å². The molecule has 2 aromatic carbocycles. The number of nitrogens with two attached hydrogens (primary N) is 1. The molecule has 0 aliphatic carbocycles. The predicted molar refractivity (Wildman–Crippen MR) is 112 cm³/mol. The third kappa shape index (κ3) is 6.59. The van der Waals surface area contributed by atoms with Gasteiger partial charge in [-0.1, -0.05) is 48.0 Å². The van der Waals surface area contributed by atoms with Crippen LogP contribution in [0.25, 0.3) is 11.1 Å². The summed E-state index contributed by atoms with van der Waals surface area (Å²) < 4.78 is 69.3. The Hall–Kier alpha value is -2.30. The molecule has 6 nitrogen and oxygen atoms in total. The molecule has 0 radical (unpaired) electrons. The van der Waals surface area contributed by atoms with Crippen molar-refractivity contribution in [1.82, 2.24) is 4.31 Å². The lowest BCUT2D eigenvalue weighted by Crippen LogP contribution is -2.45. The number of ether oxygens (including phenoxy) is 1. The average molecular weight is 479 g/mol. The van der Waals surface area contributed by atoms with Crippen LogP contribution in [0, 0.1) is 0 Å². The molecule has 170 valence electrons. The van der Waals surface area contributed by atoms with Gasteiger partial charge >= 0.3 is 22.5 Å². The Balaban J connectivity index is 2.51. The number of rotatable bonds is 5. The molecule has 2 rings (SSSR count). The van der Waals surface area contributed by atoms with Crippen molar-refractivity contribution < 1.29 is 31.1 Å². The quantitative estimate of drug-likeness (QED) is 0.654. The lowest BCUT2D eigenvalue weighted by atomic mass is 9.95. The molecule has 0 unspecified atom stereocenters. The molecule has 0 spiro atoms. The van der Waals surface area contributed by atoms with Gasteiger partial charge in [-0.15, -0.1) is 0 Å². The number of benzene rings is 2. The third-order valence-electron chi connectivity index (χ3n) is 4.10. The monoisotopic (exact) mass is 478 g/mol. The second-order valence-electron chi connectivity index (χ2n) is 7.66. The Morgan fingerprint density at radius 2 is 1.68 bits per heavy atom. The van der Waals surface area contributed by atoms with Crippen LogP contribution in [0.15, 0.2) is 42.5 Å². The first-order valence-electron chi connectivity index (χ1n) is 9.08. The molecule has 31 heavy (non-hydrogen) atoms. The smallest absolute Gasteiger partial charge is 0.425 e. The minimum atomic E-state index is -4.72. The summed E-state index contributed by atoms with van der Waals surface area (Å²) in [6.07, 6.45) is -6.27. The fraction of sp³-hybridized carbons (Fsp3) is 0.350. The highest BCUT2D eigenvalue weighted by atomic mass is 35.5. The number of hydrogen-bond acceptors (Lipinski definition) is 4. The number of halogens is 4. The predicted octanol–water partition coefficient (Wildman–Crippen LogP) is 5.01. The number of alkyl halides is 3. The van der Waals surface area contributed by atoms with Crippen molar-refractivity contribution in [2.45, 2.75) is 39.0 Å². The van der Waals surface area contributed by atoms with E-state index in [1.54, 1.807) is 30.3 Å². The molecule has 0 saturated carbocycles. The molecule has 0 atom stereocenters. The average Bonchev–Trinajstić information content (AvgIpc) is 2.60. The van der Waals surface area contributed by atoms with E-state index in [-0.39, 0.29) is 16.3 Å². The highest BCUT2D eigenvalue weighted by molar-refractivity contribution is 7.87. The third-order valence-corrected chi connectivity index (χ3v) is 5.48. The molecule has 0 aliphatic rings. The van der Waals surface area contributed by atoms with Gasteiger partial charge in [0, 0.05) is 6.54 Å². The fourth-order valence-electron chi connectivity index (χ4n) is 2.82. The molecule has 0 bridgehead atoms. The van der Waals surface area contributed by atoms with Crippen molar-refractivity contribution in [1.29, 1.82) is 0 Å². The van der Waals surface area contributed by atoms with Gasteiger partial charge in [0.25, 0.3) is 0 Å². The van der Waals surface area contributed by atoms with Gasteiger partial charge in [-0.2, -0.15) is 25.9 Å². The minimum absolute atomic E-state index is 0.0277. The summed E-state index contributed by atoms with van der Waals surface area (Å²) in [7, 11) is -4.54. The molecule has 1 amide bonds. The van der Waals surface area contributed by atoms with E-state index in [9.17, 15) is 26.4 Å². The van der Waals surface area contributed by atoms with E-state index in [2.05, 4.69) is 0 Å². The Morgan fingerprint density at radius 1 is 1.10 bits per heavy atom. The van der Waals surface area contributed by atoms with Gasteiger partial charge in [0.15, 0.2) is 0 Å². The van der Waals surface area contributed by atoms with Crippen LogP contribution in [0.2, 0.25) is 5.02 Å². The van der Waals surface area contributed by atoms with Crippen LogP contribution >= 0.6 is 11.6 Å². The Labute approximate surface area is 183 Å². The van der Waals surface area contributed by atoms with Crippen molar-refractivity contribution in [3.8, 4) is 11.1 Å². The fourth-order valence-corrected chi connectivity index (χ4v) is 3.78. The molecule has 11 heteroatoms. The van der Waals surface area contributed by atoms with E-state index in [1.807, 2.05) is 0 Å². The lowest BCUT2D eigenvalue weighted by molar-refractivity contribution is -0.137. The summed E-state index contributed by atoms with van der Waals surface area (Å²) in [5, 5.41) is 4.56. The topological polar surface area (TPSA) is 89.7 Å². The maximum absolute atomic E-state index is 13.4. The maximum atomic E-state index is 13.4. The van der Waals surface area contributed by atoms with Crippen molar-refractivity contribution in [3.05, 3.63) is 58.6 Å². The minimum Gasteiger partial charge on any atom is -0.443 e. The molecule has 0 heterocycles. The van der Waals surface area contributed by atoms with Crippen molar-refractivity contribution in [2.75, 3.05) is 6.54 Å². The SMILES string of the molecule is CC(C)(C)OC(=O)N(CCc1c(-c2ccccc2)ccc(C(F)(F)F)c1Cl)S(N)(=O)=O. The standard InChI is InChI=1S/C20H22ClF3N2O4S/c1-19(2,3)30-18(27)26(31(25,28)29)12-11-15-14(13-7-5-4-6-8-13)9-10-16(17(15)21)20(22,23)24/h4-10H,11-12H2,1-3H3,(H2,25,28,29). The van der Waals surface area contributed by atoms with Crippen LogP contribution in [0.3, 0.4) is 0 Å². The number of carbonyl (C=O) groups excluding carboxylic acids is 1. The number of carbonyl (C=O) groups is 1. The van der Waals surface area contributed by atoms with Gasteiger partial charge in [-0.05, 0) is 49.9 Å². The summed E-state index contributed by atoms with van der Waals surface area (Å²) in [6.45, 7) is 4.03. The Bertz CT molecular complexity index is 1050. The molecule has 2 aromatic rings. The van der Waals surface area contributed by atoms with E-state index in [1.165, 1.54) is 26.8 Å². The largest absolute Gasteiger partial charge is 0.443 e. The zero-order valence-corrected chi connectivity index (χ0v) is 18.6. The molecular weight excluding hydrogens is 457 g/mol. The maximum Gasteiger partial charge on any atom is 0.425 e. The molecular formula is C20H22ClF3N2O4S. The van der Waals surface area contributed by atoms with Crippen molar-refractivity contribution in [2.24, 2.45) is 5.14 Å². The Morgan fingerprint density at radius 3 is 2.16 bits per heavy atom. The second-order valence-corrected chi connectivity index (χ2v) is 9.51. The van der Waals surface area contributed by atoms with Gasteiger partial charge in [-0.3, -0.25) is 0 Å². The molecule has 2 N–H and O–H groups in total. The van der Waals surface area contributed by atoms with Gasteiger partial charge < -0.3 is 4.74 Å². The molecule has 0 aliphatic heterocycles. The summed E-state index contributed by atoms with van der Waals surface area (Å²) in [5.41, 5.74) is -1.10.